The number of hydrogen-bond donors (Lipinski definition) is 1. The predicted molar refractivity (Wildman–Crippen MR) is 27.8 cm³/mol. The Morgan fingerprint density at radius 1 is 1.78 bits per heavy atom. The van der Waals surface area contributed by atoms with Crippen LogP contribution in [0.25, 0.3) is 0 Å². The van der Waals surface area contributed by atoms with Gasteiger partial charge in [0, 0.05) is 0 Å². The Hall–Kier alpha value is -1.64. The molecule has 0 aliphatic rings. The first-order valence-corrected chi connectivity index (χ1v) is 2.23. The predicted octanol–water partition coefficient (Wildman–Crippen LogP) is -1.22. The second kappa shape index (κ2) is 2.09. The van der Waals surface area contributed by atoms with E-state index in [0.717, 1.165) is 4.80 Å². The van der Waals surface area contributed by atoms with E-state index >= 15 is 0 Å². The molecule has 1 aromatic rings. The van der Waals surface area contributed by atoms with Gasteiger partial charge in [0.05, 0.1) is 6.07 Å². The van der Waals surface area contributed by atoms with Gasteiger partial charge >= 0.3 is 0 Å². The summed E-state index contributed by atoms with van der Waals surface area (Å²) in [5, 5.41) is 18.4. The summed E-state index contributed by atoms with van der Waals surface area (Å²) >= 11 is 0. The van der Waals surface area contributed by atoms with Crippen LogP contribution in [0.15, 0.2) is 0 Å². The first kappa shape index (κ1) is 5.50. The smallest absolute Gasteiger partial charge is 0.260 e. The fraction of sp³-hybridized carbons (Fsp3) is 0.333. The zero-order valence-corrected chi connectivity index (χ0v) is 4.52. The number of anilines is 1. The van der Waals surface area contributed by atoms with Crippen molar-refractivity contribution in [3.8, 4) is 6.07 Å². The van der Waals surface area contributed by atoms with Crippen LogP contribution in [0.3, 0.4) is 0 Å². The molecule has 0 aromatic carbocycles. The summed E-state index contributed by atoms with van der Waals surface area (Å²) in [7, 11) is 0. The van der Waals surface area contributed by atoms with Gasteiger partial charge in [0.1, 0.15) is 6.54 Å². The van der Waals surface area contributed by atoms with Crippen LogP contribution >= 0.6 is 0 Å². The molecule has 46 valence electrons. The highest BCUT2D eigenvalue weighted by Crippen LogP contribution is 1.81. The van der Waals surface area contributed by atoms with Gasteiger partial charge in [0.15, 0.2) is 0 Å². The molecule has 0 bridgehead atoms. The third-order valence-electron chi connectivity index (χ3n) is 0.680. The van der Waals surface area contributed by atoms with Crippen LogP contribution in [0.5, 0.6) is 0 Å². The van der Waals surface area contributed by atoms with Crippen LogP contribution in [-0.4, -0.2) is 20.2 Å². The van der Waals surface area contributed by atoms with E-state index in [9.17, 15) is 0 Å². The SMILES string of the molecule is N#CCn1nnc(N)n1. The molecule has 0 saturated carbocycles. The van der Waals surface area contributed by atoms with Crippen molar-refractivity contribution in [2.75, 3.05) is 5.73 Å². The summed E-state index contributed by atoms with van der Waals surface area (Å²) in [6.45, 7) is 0.0875. The molecule has 0 unspecified atom stereocenters. The van der Waals surface area contributed by atoms with Crippen LogP contribution in [0.2, 0.25) is 0 Å². The van der Waals surface area contributed by atoms with Crippen molar-refractivity contribution in [3.05, 3.63) is 0 Å². The summed E-state index contributed by atoms with van der Waals surface area (Å²) < 4.78 is 0. The Morgan fingerprint density at radius 2 is 2.56 bits per heavy atom. The van der Waals surface area contributed by atoms with Crippen molar-refractivity contribution in [2.45, 2.75) is 6.54 Å². The molecule has 0 aliphatic carbocycles. The number of nitrogens with zero attached hydrogens (tertiary/aromatic N) is 5. The van der Waals surface area contributed by atoms with Crippen LogP contribution in [0.4, 0.5) is 5.95 Å². The van der Waals surface area contributed by atoms with Crippen LogP contribution in [0.1, 0.15) is 0 Å². The van der Waals surface area contributed by atoms with Gasteiger partial charge < -0.3 is 5.73 Å². The minimum Gasteiger partial charge on any atom is -0.365 e. The Labute approximate surface area is 50.9 Å². The van der Waals surface area contributed by atoms with Gasteiger partial charge in [-0.1, -0.05) is 5.10 Å². The van der Waals surface area contributed by atoms with Gasteiger partial charge in [-0.2, -0.15) is 5.26 Å². The highest BCUT2D eigenvalue weighted by atomic mass is 15.6. The van der Waals surface area contributed by atoms with Crippen molar-refractivity contribution >= 4 is 5.95 Å². The van der Waals surface area contributed by atoms with Gasteiger partial charge in [-0.15, -0.1) is 9.90 Å². The molecule has 0 aliphatic heterocycles. The quantitative estimate of drug-likeness (QED) is 0.506. The van der Waals surface area contributed by atoms with Gasteiger partial charge in [-0.25, -0.2) is 0 Å². The van der Waals surface area contributed by atoms with E-state index in [1.54, 1.807) is 0 Å². The zero-order valence-electron chi connectivity index (χ0n) is 4.52. The minimum absolute atomic E-state index is 0.0875. The Bertz CT molecular complexity index is 231. The summed E-state index contributed by atoms with van der Waals surface area (Å²) in [6, 6.07) is 1.84. The summed E-state index contributed by atoms with van der Waals surface area (Å²) in [6.07, 6.45) is 0. The van der Waals surface area contributed by atoms with E-state index in [0.29, 0.717) is 0 Å². The minimum atomic E-state index is 0.0875. The monoisotopic (exact) mass is 124 g/mol. The molecule has 1 heterocycles. The molecular weight excluding hydrogens is 120 g/mol. The maximum atomic E-state index is 8.11. The highest BCUT2D eigenvalue weighted by molar-refractivity contribution is 5.06. The summed E-state index contributed by atoms with van der Waals surface area (Å²) in [4.78, 5) is 1.12. The molecule has 2 N–H and O–H groups in total. The Kier molecular flexibility index (Phi) is 1.27. The van der Waals surface area contributed by atoms with E-state index in [1.807, 2.05) is 6.07 Å². The van der Waals surface area contributed by atoms with Crippen LogP contribution in [-0.2, 0) is 6.54 Å². The van der Waals surface area contributed by atoms with Gasteiger partial charge in [0.25, 0.3) is 5.95 Å². The second-order valence-electron chi connectivity index (χ2n) is 1.34. The van der Waals surface area contributed by atoms with Gasteiger partial charge in [-0.05, 0) is 5.21 Å². The van der Waals surface area contributed by atoms with Crippen molar-refractivity contribution in [1.29, 1.82) is 5.26 Å². The number of nitriles is 1. The lowest BCUT2D eigenvalue weighted by Gasteiger charge is -1.81. The van der Waals surface area contributed by atoms with Gasteiger partial charge in [0.2, 0.25) is 0 Å². The topological polar surface area (TPSA) is 93.4 Å². The second-order valence-corrected chi connectivity index (χ2v) is 1.34. The maximum Gasteiger partial charge on any atom is 0.260 e. The first-order valence-electron chi connectivity index (χ1n) is 2.23. The van der Waals surface area contributed by atoms with Gasteiger partial charge in [-0.3, -0.25) is 0 Å². The molecule has 1 aromatic heterocycles. The van der Waals surface area contributed by atoms with Crippen LogP contribution in [0, 0.1) is 11.3 Å². The molecule has 0 fully saturated rings. The molecule has 9 heavy (non-hydrogen) atoms. The lowest BCUT2D eigenvalue weighted by molar-refractivity contribution is 0.589. The Balaban J connectivity index is 2.76. The third kappa shape index (κ3) is 1.13. The number of aromatic nitrogens is 4. The van der Waals surface area contributed by atoms with E-state index in [4.69, 9.17) is 11.0 Å². The lowest BCUT2D eigenvalue weighted by atomic mass is 10.8. The molecule has 0 atom stereocenters. The lowest BCUT2D eigenvalue weighted by Crippen LogP contribution is -2.00. The number of rotatable bonds is 1. The molecule has 0 radical (unpaired) electrons. The van der Waals surface area contributed by atoms with Crippen molar-refractivity contribution in [1.82, 2.24) is 20.2 Å². The average molecular weight is 124 g/mol. The molecular formula is C3H4N6. The summed E-state index contributed by atoms with van der Waals surface area (Å²) in [5.74, 6) is 0.0882. The normalized spacial score (nSPS) is 8.78. The van der Waals surface area contributed by atoms with Crippen molar-refractivity contribution < 1.29 is 0 Å². The number of nitrogens with two attached hydrogens (primary N) is 1. The molecule has 0 amide bonds. The maximum absolute atomic E-state index is 8.11. The largest absolute Gasteiger partial charge is 0.365 e. The van der Waals surface area contributed by atoms with E-state index in [2.05, 4.69) is 15.4 Å². The third-order valence-corrected chi connectivity index (χ3v) is 0.680. The molecule has 1 rings (SSSR count). The molecule has 0 spiro atoms. The van der Waals surface area contributed by atoms with Crippen molar-refractivity contribution in [3.63, 3.8) is 0 Å². The van der Waals surface area contributed by atoms with E-state index < -0.39 is 0 Å². The number of nitrogen functional groups attached to an aromatic ring is 1. The number of hydrogen-bond acceptors (Lipinski definition) is 5. The fourth-order valence-electron chi connectivity index (χ4n) is 0.386. The van der Waals surface area contributed by atoms with E-state index in [-0.39, 0.29) is 12.5 Å². The first-order chi connectivity index (χ1) is 4.33. The van der Waals surface area contributed by atoms with Crippen molar-refractivity contribution in [2.24, 2.45) is 0 Å². The molecule has 6 nitrogen and oxygen atoms in total. The van der Waals surface area contributed by atoms with Crippen LogP contribution < -0.4 is 5.73 Å². The number of tetrazole rings is 1. The zero-order chi connectivity index (χ0) is 6.69. The standard InChI is InChI=1S/C3H4N6/c4-1-2-9-7-3(5)6-8-9/h2H2,(H2,5,7). The molecule has 0 saturated heterocycles. The Morgan fingerprint density at radius 3 is 3.00 bits per heavy atom. The van der Waals surface area contributed by atoms with E-state index in [1.165, 1.54) is 0 Å². The average Bonchev–Trinajstić information content (AvgIpc) is 2.17. The fourth-order valence-corrected chi connectivity index (χ4v) is 0.386. The summed E-state index contributed by atoms with van der Waals surface area (Å²) in [5.41, 5.74) is 5.09. The highest BCUT2D eigenvalue weighted by Gasteiger charge is 1.93. The molecule has 6 heteroatoms.